The monoisotopic (exact) mass is 395 g/mol. The second-order valence-corrected chi connectivity index (χ2v) is 8.36. The number of hydrogen-bond donors (Lipinski definition) is 1. The number of ketones is 1. The zero-order valence-electron chi connectivity index (χ0n) is 16.7. The fourth-order valence-corrected chi connectivity index (χ4v) is 3.41. The predicted molar refractivity (Wildman–Crippen MR) is 113 cm³/mol. The van der Waals surface area contributed by atoms with E-state index in [-0.39, 0.29) is 28.2 Å². The van der Waals surface area contributed by atoms with Crippen LogP contribution in [0.2, 0.25) is 0 Å². The normalized spacial score (nSPS) is 12.2. The Labute approximate surface area is 170 Å². The smallest absolute Gasteiger partial charge is 0.192 e. The van der Waals surface area contributed by atoms with Crippen molar-refractivity contribution in [3.05, 3.63) is 53.8 Å². The third-order valence-electron chi connectivity index (χ3n) is 4.15. The predicted octanol–water partition coefficient (Wildman–Crippen LogP) is 3.85. The van der Waals surface area contributed by atoms with Crippen LogP contribution in [-0.4, -0.2) is 26.3 Å². The van der Waals surface area contributed by atoms with E-state index in [1.807, 2.05) is 22.8 Å². The summed E-state index contributed by atoms with van der Waals surface area (Å²) in [5, 5.41) is 18.2. The molecule has 0 bridgehead atoms. The molecular formula is C21H25N5OS. The molecule has 0 aliphatic heterocycles. The van der Waals surface area contributed by atoms with Gasteiger partial charge in [0.05, 0.1) is 5.75 Å². The second-order valence-electron chi connectivity index (χ2n) is 7.41. The molecule has 0 radical (unpaired) electrons. The number of carbonyl (C=O) groups excluding carboxylic acids is 1. The fraction of sp³-hybridized carbons (Fsp3) is 0.333. The first kappa shape index (κ1) is 21.5. The van der Waals surface area contributed by atoms with Crippen molar-refractivity contribution < 1.29 is 4.79 Å². The molecule has 2 aromatic rings. The third-order valence-corrected chi connectivity index (χ3v) is 5.12. The maximum atomic E-state index is 12.2. The molecule has 0 atom stereocenters. The molecule has 7 heteroatoms. The van der Waals surface area contributed by atoms with E-state index in [1.54, 1.807) is 13.0 Å². The lowest BCUT2D eigenvalue weighted by atomic mass is 9.87. The number of hydrogen-bond acceptors (Lipinski definition) is 6. The van der Waals surface area contributed by atoms with E-state index in [1.165, 1.54) is 17.3 Å². The lowest BCUT2D eigenvalue weighted by Crippen LogP contribution is -2.11. The number of nitrogens with zero attached hydrogens (tertiary/aromatic N) is 4. The first-order valence-corrected chi connectivity index (χ1v) is 9.85. The van der Waals surface area contributed by atoms with Crippen LogP contribution in [0.25, 0.3) is 11.4 Å². The van der Waals surface area contributed by atoms with Gasteiger partial charge in [0.2, 0.25) is 0 Å². The van der Waals surface area contributed by atoms with Crippen LogP contribution in [0.1, 0.15) is 33.3 Å². The number of Topliss-reactive ketones (excluding diaryl/α,β-unsaturated/α-hetero) is 1. The van der Waals surface area contributed by atoms with E-state index < -0.39 is 0 Å². The van der Waals surface area contributed by atoms with Crippen LogP contribution in [0, 0.1) is 11.3 Å². The molecule has 146 valence electrons. The largest absolute Gasteiger partial charge is 0.401 e. The van der Waals surface area contributed by atoms with Gasteiger partial charge in [-0.1, -0.05) is 62.9 Å². The van der Waals surface area contributed by atoms with Gasteiger partial charge >= 0.3 is 0 Å². The summed E-state index contributed by atoms with van der Waals surface area (Å²) in [4.78, 5) is 12.2. The number of rotatable bonds is 7. The minimum absolute atomic E-state index is 0.0136. The van der Waals surface area contributed by atoms with Crippen LogP contribution in [0.3, 0.4) is 0 Å². The SMILES string of the molecule is C=CCn1c(SCC(=O)/C(C#N)=C(/C)N)nnc1-c1ccc(C(C)(C)C)cc1. The number of carbonyl (C=O) groups is 1. The Bertz CT molecular complexity index is 939. The summed E-state index contributed by atoms with van der Waals surface area (Å²) in [5.74, 6) is 0.452. The lowest BCUT2D eigenvalue weighted by Gasteiger charge is -2.19. The number of nitriles is 1. The number of allylic oxidation sites excluding steroid dienone is 3. The molecule has 0 unspecified atom stereocenters. The van der Waals surface area contributed by atoms with Gasteiger partial charge in [0.15, 0.2) is 16.8 Å². The van der Waals surface area contributed by atoms with Crippen molar-refractivity contribution in [1.29, 1.82) is 5.26 Å². The van der Waals surface area contributed by atoms with Gasteiger partial charge in [0.25, 0.3) is 0 Å². The van der Waals surface area contributed by atoms with Gasteiger partial charge in [-0.2, -0.15) is 5.26 Å². The highest BCUT2D eigenvalue weighted by Crippen LogP contribution is 2.28. The molecule has 0 saturated heterocycles. The van der Waals surface area contributed by atoms with E-state index in [9.17, 15) is 4.79 Å². The summed E-state index contributed by atoms with van der Waals surface area (Å²) >= 11 is 1.23. The first-order valence-electron chi connectivity index (χ1n) is 8.86. The van der Waals surface area contributed by atoms with Crippen molar-refractivity contribution in [2.45, 2.75) is 44.8 Å². The van der Waals surface area contributed by atoms with Crippen LogP contribution < -0.4 is 5.73 Å². The van der Waals surface area contributed by atoms with E-state index in [2.05, 4.69) is 49.7 Å². The summed E-state index contributed by atoms with van der Waals surface area (Å²) in [7, 11) is 0. The van der Waals surface area contributed by atoms with Gasteiger partial charge in [-0.15, -0.1) is 16.8 Å². The highest BCUT2D eigenvalue weighted by atomic mass is 32.2. The summed E-state index contributed by atoms with van der Waals surface area (Å²) in [6, 6.07) is 10.1. The molecule has 1 aromatic carbocycles. The maximum absolute atomic E-state index is 12.2. The molecule has 0 aliphatic carbocycles. The molecule has 0 amide bonds. The molecule has 0 fully saturated rings. The minimum Gasteiger partial charge on any atom is -0.401 e. The molecule has 0 spiro atoms. The Balaban J connectivity index is 2.29. The topological polar surface area (TPSA) is 97.6 Å². The molecule has 2 rings (SSSR count). The standard InChI is InChI=1S/C21H25N5OS/c1-6-11-26-19(15-7-9-16(10-8-15)21(3,4)5)24-25-20(26)28-13-18(27)17(12-22)14(2)23/h6-10H,1,11,13,23H2,2-5H3/b17-14-. The minimum atomic E-state index is -0.322. The first-order chi connectivity index (χ1) is 13.2. The van der Waals surface area contributed by atoms with Crippen molar-refractivity contribution in [2.75, 3.05) is 5.75 Å². The van der Waals surface area contributed by atoms with Gasteiger partial charge in [-0.3, -0.25) is 9.36 Å². The van der Waals surface area contributed by atoms with Gasteiger partial charge in [0, 0.05) is 17.8 Å². The summed E-state index contributed by atoms with van der Waals surface area (Å²) < 4.78 is 1.90. The number of benzene rings is 1. The van der Waals surface area contributed by atoms with Crippen LogP contribution in [0.15, 0.2) is 53.3 Å². The van der Waals surface area contributed by atoms with Crippen molar-refractivity contribution >= 4 is 17.5 Å². The summed E-state index contributed by atoms with van der Waals surface area (Å²) in [6.07, 6.45) is 1.76. The molecule has 28 heavy (non-hydrogen) atoms. The van der Waals surface area contributed by atoms with E-state index in [0.717, 1.165) is 5.56 Å². The molecule has 2 N–H and O–H groups in total. The number of aromatic nitrogens is 3. The quantitative estimate of drug-likeness (QED) is 0.331. The Morgan fingerprint density at radius 1 is 1.32 bits per heavy atom. The highest BCUT2D eigenvalue weighted by Gasteiger charge is 2.18. The summed E-state index contributed by atoms with van der Waals surface area (Å²) in [5.41, 5.74) is 8.05. The molecule has 0 saturated carbocycles. The molecule has 6 nitrogen and oxygen atoms in total. The Hall–Kier alpha value is -2.85. The average molecular weight is 396 g/mol. The van der Waals surface area contributed by atoms with Crippen molar-refractivity contribution in [3.8, 4) is 17.5 Å². The van der Waals surface area contributed by atoms with Crippen LogP contribution in [0.5, 0.6) is 0 Å². The molecule has 1 aromatic heterocycles. The van der Waals surface area contributed by atoms with Crippen molar-refractivity contribution in [1.82, 2.24) is 14.8 Å². The Morgan fingerprint density at radius 3 is 2.46 bits per heavy atom. The van der Waals surface area contributed by atoms with Gasteiger partial charge in [-0.25, -0.2) is 0 Å². The highest BCUT2D eigenvalue weighted by molar-refractivity contribution is 7.99. The van der Waals surface area contributed by atoms with Crippen LogP contribution in [-0.2, 0) is 16.8 Å². The van der Waals surface area contributed by atoms with Crippen molar-refractivity contribution in [3.63, 3.8) is 0 Å². The average Bonchev–Trinajstić information content (AvgIpc) is 3.02. The van der Waals surface area contributed by atoms with E-state index >= 15 is 0 Å². The fourth-order valence-electron chi connectivity index (χ4n) is 2.59. The van der Waals surface area contributed by atoms with Crippen LogP contribution >= 0.6 is 11.8 Å². The number of thioether (sulfide) groups is 1. The lowest BCUT2D eigenvalue weighted by molar-refractivity contribution is -0.112. The number of nitrogens with two attached hydrogens (primary N) is 1. The van der Waals surface area contributed by atoms with E-state index in [0.29, 0.717) is 17.5 Å². The van der Waals surface area contributed by atoms with E-state index in [4.69, 9.17) is 11.0 Å². The summed E-state index contributed by atoms with van der Waals surface area (Å²) in [6.45, 7) is 12.4. The molecular weight excluding hydrogens is 370 g/mol. The van der Waals surface area contributed by atoms with Gasteiger partial charge < -0.3 is 5.73 Å². The second kappa shape index (κ2) is 8.89. The third kappa shape index (κ3) is 4.90. The Morgan fingerprint density at radius 2 is 1.96 bits per heavy atom. The van der Waals surface area contributed by atoms with Gasteiger partial charge in [0.1, 0.15) is 11.6 Å². The Kier molecular flexibility index (Phi) is 6.81. The van der Waals surface area contributed by atoms with Crippen LogP contribution in [0.4, 0.5) is 0 Å². The molecule has 0 aliphatic rings. The van der Waals surface area contributed by atoms with Gasteiger partial charge in [-0.05, 0) is 17.9 Å². The zero-order chi connectivity index (χ0) is 20.9. The molecule has 1 heterocycles. The van der Waals surface area contributed by atoms with Crippen molar-refractivity contribution in [2.24, 2.45) is 5.73 Å². The maximum Gasteiger partial charge on any atom is 0.192 e. The zero-order valence-corrected chi connectivity index (χ0v) is 17.5.